The van der Waals surface area contributed by atoms with E-state index in [2.05, 4.69) is 10.3 Å². The first-order valence-electron chi connectivity index (χ1n) is 5.51. The molecule has 6 heteroatoms. The van der Waals surface area contributed by atoms with Gasteiger partial charge in [0.2, 0.25) is 0 Å². The van der Waals surface area contributed by atoms with Crippen LogP contribution < -0.4 is 5.32 Å². The summed E-state index contributed by atoms with van der Waals surface area (Å²) in [6.45, 7) is 1.61. The van der Waals surface area contributed by atoms with E-state index in [0.717, 1.165) is 12.8 Å². The Morgan fingerprint density at radius 2 is 2.35 bits per heavy atom. The Kier molecular flexibility index (Phi) is 3.12. The molecule has 92 valence electrons. The number of carbonyl (C=O) groups is 2. The van der Waals surface area contributed by atoms with Crippen molar-refractivity contribution in [3.05, 3.63) is 17.8 Å². The van der Waals surface area contributed by atoms with E-state index in [4.69, 9.17) is 9.52 Å². The van der Waals surface area contributed by atoms with E-state index in [9.17, 15) is 9.59 Å². The lowest BCUT2D eigenvalue weighted by Crippen LogP contribution is -2.41. The zero-order valence-electron chi connectivity index (χ0n) is 9.47. The predicted octanol–water partition coefficient (Wildman–Crippen LogP) is 0.966. The van der Waals surface area contributed by atoms with Crippen LogP contribution in [0.1, 0.15) is 35.5 Å². The Morgan fingerprint density at radius 3 is 2.82 bits per heavy atom. The fraction of sp³-hybridized carbons (Fsp3) is 0.545. The molecular formula is C11H14N2O4. The summed E-state index contributed by atoms with van der Waals surface area (Å²) in [4.78, 5) is 26.5. The molecule has 1 fully saturated rings. The maximum atomic E-state index is 11.7. The van der Waals surface area contributed by atoms with Gasteiger partial charge in [-0.2, -0.15) is 0 Å². The molecule has 1 amide bonds. The third-order valence-electron chi connectivity index (χ3n) is 2.83. The van der Waals surface area contributed by atoms with Gasteiger partial charge in [0.15, 0.2) is 12.1 Å². The number of carboxylic acids is 1. The Labute approximate surface area is 98.0 Å². The summed E-state index contributed by atoms with van der Waals surface area (Å²) in [7, 11) is 0. The molecule has 0 bridgehead atoms. The van der Waals surface area contributed by atoms with Crippen molar-refractivity contribution < 1.29 is 19.1 Å². The average Bonchev–Trinajstić information content (AvgIpc) is 2.97. The molecule has 1 heterocycles. The number of hydrogen-bond donors (Lipinski definition) is 2. The smallest absolute Gasteiger partial charge is 0.326 e. The van der Waals surface area contributed by atoms with E-state index in [1.807, 2.05) is 0 Å². The summed E-state index contributed by atoms with van der Waals surface area (Å²) < 4.78 is 4.90. The molecule has 1 atom stereocenters. The molecule has 6 nitrogen and oxygen atoms in total. The minimum Gasteiger partial charge on any atom is -0.480 e. The molecule has 17 heavy (non-hydrogen) atoms. The lowest BCUT2D eigenvalue weighted by atomic mass is 10.1. The van der Waals surface area contributed by atoms with Crippen molar-refractivity contribution in [3.8, 4) is 0 Å². The second-order valence-electron chi connectivity index (χ2n) is 4.30. The van der Waals surface area contributed by atoms with Crippen LogP contribution in [0.25, 0.3) is 0 Å². The van der Waals surface area contributed by atoms with Crippen LogP contribution in [0.2, 0.25) is 0 Å². The zero-order valence-corrected chi connectivity index (χ0v) is 9.47. The molecule has 0 radical (unpaired) electrons. The summed E-state index contributed by atoms with van der Waals surface area (Å²) in [5, 5.41) is 11.5. The van der Waals surface area contributed by atoms with E-state index in [1.54, 1.807) is 6.92 Å². The first-order valence-corrected chi connectivity index (χ1v) is 5.51. The number of nitrogens with zero attached hydrogens (tertiary/aromatic N) is 1. The van der Waals surface area contributed by atoms with Crippen LogP contribution in [0.3, 0.4) is 0 Å². The van der Waals surface area contributed by atoms with Crippen LogP contribution in [-0.4, -0.2) is 28.0 Å². The minimum atomic E-state index is -1.01. The molecule has 0 aliphatic heterocycles. The minimum absolute atomic E-state index is 0.145. The maximum Gasteiger partial charge on any atom is 0.326 e. The number of carboxylic acid groups (broad SMARTS) is 1. The fourth-order valence-electron chi connectivity index (χ4n) is 1.66. The molecule has 1 aliphatic carbocycles. The van der Waals surface area contributed by atoms with E-state index >= 15 is 0 Å². The highest BCUT2D eigenvalue weighted by atomic mass is 16.4. The maximum absolute atomic E-state index is 11.7. The van der Waals surface area contributed by atoms with E-state index in [0.29, 0.717) is 18.1 Å². The van der Waals surface area contributed by atoms with Gasteiger partial charge in [-0.25, -0.2) is 9.78 Å². The van der Waals surface area contributed by atoms with Crippen molar-refractivity contribution in [3.63, 3.8) is 0 Å². The van der Waals surface area contributed by atoms with Gasteiger partial charge >= 0.3 is 5.97 Å². The summed E-state index contributed by atoms with van der Waals surface area (Å²) >= 11 is 0. The zero-order chi connectivity index (χ0) is 12.4. The number of aliphatic carboxylic acids is 1. The SMILES string of the molecule is Cc1ocnc1C(=O)NC(CC1CC1)C(=O)O. The molecule has 0 aromatic carbocycles. The molecule has 1 aromatic heterocycles. The second-order valence-corrected chi connectivity index (χ2v) is 4.30. The van der Waals surface area contributed by atoms with Gasteiger partial charge in [0.05, 0.1) is 0 Å². The van der Waals surface area contributed by atoms with E-state index in [-0.39, 0.29) is 5.69 Å². The Balaban J connectivity index is 1.99. The third kappa shape index (κ3) is 2.83. The summed E-state index contributed by atoms with van der Waals surface area (Å²) in [6, 6.07) is -0.842. The third-order valence-corrected chi connectivity index (χ3v) is 2.83. The van der Waals surface area contributed by atoms with Gasteiger partial charge in [-0.3, -0.25) is 4.79 Å². The van der Waals surface area contributed by atoms with Gasteiger partial charge in [0.25, 0.3) is 5.91 Å². The predicted molar refractivity (Wildman–Crippen MR) is 57.5 cm³/mol. The summed E-state index contributed by atoms with van der Waals surface area (Å²) in [6.07, 6.45) is 3.74. The highest BCUT2D eigenvalue weighted by Gasteiger charge is 2.31. The lowest BCUT2D eigenvalue weighted by molar-refractivity contribution is -0.139. The van der Waals surface area contributed by atoms with Gasteiger partial charge in [-0.1, -0.05) is 12.8 Å². The van der Waals surface area contributed by atoms with Crippen molar-refractivity contribution in [1.82, 2.24) is 10.3 Å². The highest BCUT2D eigenvalue weighted by Crippen LogP contribution is 2.33. The molecular weight excluding hydrogens is 224 g/mol. The largest absolute Gasteiger partial charge is 0.480 e. The summed E-state index contributed by atoms with van der Waals surface area (Å²) in [5.41, 5.74) is 0.145. The molecule has 2 N–H and O–H groups in total. The van der Waals surface area contributed by atoms with Gasteiger partial charge in [-0.05, 0) is 19.3 Å². The molecule has 1 aromatic rings. The molecule has 1 saturated carbocycles. The number of aromatic nitrogens is 1. The van der Waals surface area contributed by atoms with Gasteiger partial charge in [0.1, 0.15) is 11.8 Å². The van der Waals surface area contributed by atoms with Crippen molar-refractivity contribution in [1.29, 1.82) is 0 Å². The quantitative estimate of drug-likeness (QED) is 0.797. The Morgan fingerprint density at radius 1 is 1.65 bits per heavy atom. The average molecular weight is 238 g/mol. The number of aryl methyl sites for hydroxylation is 1. The Hall–Kier alpha value is -1.85. The van der Waals surface area contributed by atoms with Crippen LogP contribution >= 0.6 is 0 Å². The van der Waals surface area contributed by atoms with E-state index < -0.39 is 17.9 Å². The number of hydrogen-bond acceptors (Lipinski definition) is 4. The topological polar surface area (TPSA) is 92.4 Å². The van der Waals surface area contributed by atoms with Crippen molar-refractivity contribution >= 4 is 11.9 Å². The number of rotatable bonds is 5. The van der Waals surface area contributed by atoms with Crippen molar-refractivity contribution in [2.75, 3.05) is 0 Å². The monoisotopic (exact) mass is 238 g/mol. The Bertz CT molecular complexity index is 436. The van der Waals surface area contributed by atoms with Gasteiger partial charge in [-0.15, -0.1) is 0 Å². The molecule has 1 aliphatic rings. The van der Waals surface area contributed by atoms with E-state index in [1.165, 1.54) is 6.39 Å². The standard InChI is InChI=1S/C11H14N2O4/c1-6-9(12-5-17-6)10(14)13-8(11(15)16)4-7-2-3-7/h5,7-8H,2-4H2,1H3,(H,13,14)(H,15,16). The van der Waals surface area contributed by atoms with Crippen molar-refractivity contribution in [2.24, 2.45) is 5.92 Å². The number of amides is 1. The van der Waals surface area contributed by atoms with Crippen LogP contribution in [0.4, 0.5) is 0 Å². The normalized spacial score (nSPS) is 16.5. The number of nitrogens with one attached hydrogen (secondary N) is 1. The molecule has 0 spiro atoms. The van der Waals surface area contributed by atoms with Gasteiger partial charge in [0, 0.05) is 0 Å². The highest BCUT2D eigenvalue weighted by molar-refractivity contribution is 5.95. The number of carbonyl (C=O) groups excluding carboxylic acids is 1. The van der Waals surface area contributed by atoms with Crippen LogP contribution in [0, 0.1) is 12.8 Å². The first-order chi connectivity index (χ1) is 8.08. The van der Waals surface area contributed by atoms with Crippen LogP contribution in [-0.2, 0) is 4.79 Å². The molecule has 1 unspecified atom stereocenters. The fourth-order valence-corrected chi connectivity index (χ4v) is 1.66. The van der Waals surface area contributed by atoms with Gasteiger partial charge < -0.3 is 14.8 Å². The number of oxazole rings is 1. The molecule has 2 rings (SSSR count). The van der Waals surface area contributed by atoms with Crippen molar-refractivity contribution in [2.45, 2.75) is 32.2 Å². The summed E-state index contributed by atoms with van der Waals surface area (Å²) in [5.74, 6) is -0.691. The lowest BCUT2D eigenvalue weighted by Gasteiger charge is -2.13. The van der Waals surface area contributed by atoms with Crippen LogP contribution in [0.15, 0.2) is 10.8 Å². The van der Waals surface area contributed by atoms with Crippen LogP contribution in [0.5, 0.6) is 0 Å². The molecule has 0 saturated heterocycles. The first kappa shape index (κ1) is 11.6. The second kappa shape index (κ2) is 4.57.